The molecule has 8 nitrogen and oxygen atoms in total. The first-order valence-corrected chi connectivity index (χ1v) is 11.8. The molecule has 0 unspecified atom stereocenters. The number of para-hydroxylation sites is 1. The van der Waals surface area contributed by atoms with Gasteiger partial charge in [0, 0.05) is 18.0 Å². The highest BCUT2D eigenvalue weighted by atomic mass is 16.5. The maximum absolute atomic E-state index is 12.9. The van der Waals surface area contributed by atoms with E-state index >= 15 is 0 Å². The number of alkyl carbamates (subject to hydrolysis) is 1. The molecule has 35 heavy (non-hydrogen) atoms. The van der Waals surface area contributed by atoms with E-state index in [9.17, 15) is 14.4 Å². The molecule has 0 radical (unpaired) electrons. The molecular formula is C27H33N3O5. The quantitative estimate of drug-likeness (QED) is 0.403. The van der Waals surface area contributed by atoms with Gasteiger partial charge in [-0.05, 0) is 29.5 Å². The molecule has 0 saturated carbocycles. The second-order valence-electron chi connectivity index (χ2n) is 9.15. The summed E-state index contributed by atoms with van der Waals surface area (Å²) in [6.07, 6.45) is -0.665. The van der Waals surface area contributed by atoms with Gasteiger partial charge in [-0.2, -0.15) is 0 Å². The highest BCUT2D eigenvalue weighted by Crippen LogP contribution is 2.19. The zero-order valence-electron chi connectivity index (χ0n) is 20.5. The van der Waals surface area contributed by atoms with Crippen LogP contribution in [0, 0.1) is 11.8 Å². The number of hydrogen-bond donors (Lipinski definition) is 3. The molecule has 0 bridgehead atoms. The van der Waals surface area contributed by atoms with Gasteiger partial charge in [-0.3, -0.25) is 9.59 Å². The number of fused-ring (bicyclic) bond motifs is 1. The Hall–Kier alpha value is -3.81. The summed E-state index contributed by atoms with van der Waals surface area (Å²) >= 11 is 0. The number of amides is 3. The van der Waals surface area contributed by atoms with Gasteiger partial charge in [0.15, 0.2) is 5.76 Å². The van der Waals surface area contributed by atoms with Gasteiger partial charge >= 0.3 is 6.09 Å². The second kappa shape index (κ2) is 12.1. The molecule has 0 fully saturated rings. The summed E-state index contributed by atoms with van der Waals surface area (Å²) in [5.74, 6) is -0.602. The molecule has 0 aliphatic heterocycles. The molecule has 1 aromatic heterocycles. The largest absolute Gasteiger partial charge is 0.451 e. The summed E-state index contributed by atoms with van der Waals surface area (Å²) < 4.78 is 10.9. The maximum Gasteiger partial charge on any atom is 0.408 e. The van der Waals surface area contributed by atoms with Crippen molar-refractivity contribution in [2.24, 2.45) is 11.8 Å². The monoisotopic (exact) mass is 479 g/mol. The summed E-state index contributed by atoms with van der Waals surface area (Å²) in [4.78, 5) is 37.9. The van der Waals surface area contributed by atoms with E-state index in [-0.39, 0.29) is 48.6 Å². The minimum Gasteiger partial charge on any atom is -0.451 e. The van der Waals surface area contributed by atoms with E-state index < -0.39 is 12.1 Å². The van der Waals surface area contributed by atoms with E-state index in [0.717, 1.165) is 10.9 Å². The summed E-state index contributed by atoms with van der Waals surface area (Å²) in [6.45, 7) is 7.90. The average molecular weight is 480 g/mol. The molecule has 186 valence electrons. The third kappa shape index (κ3) is 7.34. The van der Waals surface area contributed by atoms with Crippen molar-refractivity contribution in [2.75, 3.05) is 6.54 Å². The lowest BCUT2D eigenvalue weighted by Crippen LogP contribution is -2.53. The third-order valence-corrected chi connectivity index (χ3v) is 5.70. The van der Waals surface area contributed by atoms with E-state index in [1.54, 1.807) is 12.1 Å². The molecule has 0 aliphatic carbocycles. The molecule has 0 spiro atoms. The van der Waals surface area contributed by atoms with Crippen LogP contribution in [0.1, 0.15) is 43.8 Å². The van der Waals surface area contributed by atoms with E-state index in [0.29, 0.717) is 5.58 Å². The SMILES string of the molecule is CC(C)[C@H](NC(=O)OCc1ccccc1)C(=O)NC[C@@H](NC(=O)c1cc2ccccc2o1)C(C)C. The molecule has 0 aliphatic rings. The van der Waals surface area contributed by atoms with Crippen LogP contribution in [0.25, 0.3) is 11.0 Å². The Labute approximate surface area is 205 Å². The zero-order valence-corrected chi connectivity index (χ0v) is 20.5. The molecule has 3 aromatic rings. The number of benzene rings is 2. The van der Waals surface area contributed by atoms with E-state index in [1.165, 1.54) is 0 Å². The molecule has 3 N–H and O–H groups in total. The first-order chi connectivity index (χ1) is 16.7. The lowest BCUT2D eigenvalue weighted by molar-refractivity contribution is -0.124. The van der Waals surface area contributed by atoms with Crippen molar-refractivity contribution in [3.63, 3.8) is 0 Å². The van der Waals surface area contributed by atoms with Gasteiger partial charge in [0.05, 0.1) is 0 Å². The van der Waals surface area contributed by atoms with Gasteiger partial charge in [-0.25, -0.2) is 4.79 Å². The number of rotatable bonds is 10. The van der Waals surface area contributed by atoms with Crippen molar-refractivity contribution in [3.05, 3.63) is 72.0 Å². The third-order valence-electron chi connectivity index (χ3n) is 5.70. The van der Waals surface area contributed by atoms with Crippen LogP contribution < -0.4 is 16.0 Å². The smallest absolute Gasteiger partial charge is 0.408 e. The number of carbonyl (C=O) groups excluding carboxylic acids is 3. The lowest BCUT2D eigenvalue weighted by Gasteiger charge is -2.25. The van der Waals surface area contributed by atoms with Gasteiger partial charge in [0.25, 0.3) is 5.91 Å². The fourth-order valence-corrected chi connectivity index (χ4v) is 3.53. The Kier molecular flexibility index (Phi) is 8.89. The number of nitrogens with one attached hydrogen (secondary N) is 3. The summed E-state index contributed by atoms with van der Waals surface area (Å²) in [6, 6.07) is 17.3. The van der Waals surface area contributed by atoms with Crippen molar-refractivity contribution in [3.8, 4) is 0 Å². The second-order valence-corrected chi connectivity index (χ2v) is 9.15. The van der Waals surface area contributed by atoms with Gasteiger partial charge < -0.3 is 25.1 Å². The number of hydrogen-bond acceptors (Lipinski definition) is 5. The molecule has 3 rings (SSSR count). The first-order valence-electron chi connectivity index (χ1n) is 11.8. The lowest BCUT2D eigenvalue weighted by atomic mass is 10.0. The van der Waals surface area contributed by atoms with Gasteiger partial charge in [0.2, 0.25) is 5.91 Å². The van der Waals surface area contributed by atoms with Gasteiger partial charge in [0.1, 0.15) is 18.2 Å². The van der Waals surface area contributed by atoms with Crippen LogP contribution in [0.4, 0.5) is 4.79 Å². The average Bonchev–Trinajstić information content (AvgIpc) is 3.28. The van der Waals surface area contributed by atoms with Crippen LogP contribution in [0.3, 0.4) is 0 Å². The van der Waals surface area contributed by atoms with Crippen LogP contribution in [-0.4, -0.2) is 36.5 Å². The highest BCUT2D eigenvalue weighted by Gasteiger charge is 2.27. The van der Waals surface area contributed by atoms with Crippen LogP contribution >= 0.6 is 0 Å². The molecule has 0 saturated heterocycles. The fraction of sp³-hybridized carbons (Fsp3) is 0.370. The Morgan fingerprint density at radius 1 is 0.886 bits per heavy atom. The number of ether oxygens (including phenoxy) is 1. The Balaban J connectivity index is 1.54. The summed E-state index contributed by atoms with van der Waals surface area (Å²) in [7, 11) is 0. The minimum atomic E-state index is -0.780. The van der Waals surface area contributed by atoms with Gasteiger partial charge in [-0.1, -0.05) is 76.2 Å². The minimum absolute atomic E-state index is 0.0462. The van der Waals surface area contributed by atoms with Crippen LogP contribution in [0.5, 0.6) is 0 Å². The standard InChI is InChI=1S/C27H33N3O5/c1-17(2)21(29-25(31)23-14-20-12-8-9-13-22(20)35-23)15-28-26(32)24(18(3)4)30-27(33)34-16-19-10-6-5-7-11-19/h5-14,17-18,21,24H,15-16H2,1-4H3,(H,28,32)(H,29,31)(H,30,33)/t21-,24+/m1/s1. The predicted octanol–water partition coefficient (Wildman–Crippen LogP) is 4.25. The Morgan fingerprint density at radius 2 is 1.57 bits per heavy atom. The van der Waals surface area contributed by atoms with Gasteiger partial charge in [-0.15, -0.1) is 0 Å². The number of furan rings is 1. The maximum atomic E-state index is 12.9. The molecule has 2 aromatic carbocycles. The van der Waals surface area contributed by atoms with E-state index in [1.807, 2.05) is 76.2 Å². The molecular weight excluding hydrogens is 446 g/mol. The van der Waals surface area contributed by atoms with Crippen molar-refractivity contribution < 1.29 is 23.5 Å². The fourth-order valence-electron chi connectivity index (χ4n) is 3.53. The Morgan fingerprint density at radius 3 is 2.23 bits per heavy atom. The van der Waals surface area contributed by atoms with Crippen LogP contribution in [0.15, 0.2) is 65.1 Å². The Bertz CT molecular complexity index is 1110. The topological polar surface area (TPSA) is 110 Å². The first kappa shape index (κ1) is 25.8. The van der Waals surface area contributed by atoms with Crippen molar-refractivity contribution >= 4 is 28.9 Å². The highest BCUT2D eigenvalue weighted by molar-refractivity contribution is 5.96. The van der Waals surface area contributed by atoms with Crippen molar-refractivity contribution in [1.29, 1.82) is 0 Å². The van der Waals surface area contributed by atoms with E-state index in [4.69, 9.17) is 9.15 Å². The molecule has 3 amide bonds. The van der Waals surface area contributed by atoms with Crippen LogP contribution in [-0.2, 0) is 16.1 Å². The summed E-state index contributed by atoms with van der Waals surface area (Å²) in [5, 5.41) is 9.28. The number of carbonyl (C=O) groups is 3. The predicted molar refractivity (Wildman–Crippen MR) is 134 cm³/mol. The molecule has 2 atom stereocenters. The van der Waals surface area contributed by atoms with Crippen molar-refractivity contribution in [1.82, 2.24) is 16.0 Å². The molecule has 1 heterocycles. The zero-order chi connectivity index (χ0) is 25.4. The molecule has 8 heteroatoms. The van der Waals surface area contributed by atoms with E-state index in [2.05, 4.69) is 16.0 Å². The van der Waals surface area contributed by atoms with Crippen LogP contribution in [0.2, 0.25) is 0 Å². The van der Waals surface area contributed by atoms with Crippen molar-refractivity contribution in [2.45, 2.75) is 46.4 Å². The summed E-state index contributed by atoms with van der Waals surface area (Å²) in [5.41, 5.74) is 1.49. The normalized spacial score (nSPS) is 12.9.